The maximum atomic E-state index is 12.0. The highest BCUT2D eigenvalue weighted by Crippen LogP contribution is 2.41. The maximum absolute atomic E-state index is 12.0. The molecule has 1 N–H and O–H groups in total. The molecule has 2 aromatic carbocycles. The zero-order valence-corrected chi connectivity index (χ0v) is 19.7. The van der Waals surface area contributed by atoms with Crippen LogP contribution >= 0.6 is 25.3 Å². The van der Waals surface area contributed by atoms with Crippen molar-refractivity contribution < 1.29 is 14.6 Å². The Labute approximate surface area is 185 Å². The van der Waals surface area contributed by atoms with E-state index in [0.717, 1.165) is 38.1 Å². The lowest BCUT2D eigenvalue weighted by Gasteiger charge is -2.26. The van der Waals surface area contributed by atoms with Crippen LogP contribution in [0.1, 0.15) is 63.8 Å². The summed E-state index contributed by atoms with van der Waals surface area (Å²) in [5.74, 6) is 0.200. The number of benzene rings is 2. The molecule has 0 aromatic heterocycles. The molecular weight excluding hydrogens is 400 g/mol. The van der Waals surface area contributed by atoms with Gasteiger partial charge in [0.1, 0.15) is 11.5 Å². The van der Waals surface area contributed by atoms with Crippen molar-refractivity contribution in [3.63, 3.8) is 0 Å². The van der Waals surface area contributed by atoms with Gasteiger partial charge in [0.25, 0.3) is 0 Å². The lowest BCUT2D eigenvalue weighted by atomic mass is 9.83. The van der Waals surface area contributed by atoms with Gasteiger partial charge in [-0.3, -0.25) is 0 Å². The van der Waals surface area contributed by atoms with E-state index in [0.29, 0.717) is 12.2 Å². The Morgan fingerprint density at radius 2 is 1.45 bits per heavy atom. The molecule has 2 rings (SSSR count). The first-order valence-corrected chi connectivity index (χ1v) is 10.4. The van der Waals surface area contributed by atoms with Gasteiger partial charge in [-0.1, -0.05) is 48.1 Å². The molecule has 5 heteroatoms. The Morgan fingerprint density at radius 3 is 1.93 bits per heavy atom. The molecule has 0 atom stereocenters. The summed E-state index contributed by atoms with van der Waals surface area (Å²) in [5, 5.41) is 11.0. The number of ether oxygens (including phenoxy) is 1. The minimum Gasteiger partial charge on any atom is -0.507 e. The average Bonchev–Trinajstić information content (AvgIpc) is 2.57. The van der Waals surface area contributed by atoms with Crippen LogP contribution in [-0.2, 0) is 22.0 Å². The fourth-order valence-corrected chi connectivity index (χ4v) is 3.78. The standard InChI is InChI=1S/C24H30O3S2/c1-8-20(25)27-22-15(11-17(29)13-19(22)24(5,6)7)9-14-10-16(28)12-18(21(14)26)23(2,3)4/h8,10-13,26,28-29H,1,9H2,2-7H3. The predicted molar refractivity (Wildman–Crippen MR) is 125 cm³/mol. The molecule has 0 amide bonds. The minimum atomic E-state index is -0.522. The molecule has 3 nitrogen and oxygen atoms in total. The summed E-state index contributed by atoms with van der Waals surface area (Å²) in [4.78, 5) is 13.6. The minimum absolute atomic E-state index is 0.234. The highest BCUT2D eigenvalue weighted by atomic mass is 32.1. The van der Waals surface area contributed by atoms with Crippen LogP contribution in [0.2, 0.25) is 0 Å². The Kier molecular flexibility index (Phi) is 6.86. The molecule has 0 saturated carbocycles. The summed E-state index contributed by atoms with van der Waals surface area (Å²) in [6.07, 6.45) is 1.52. The van der Waals surface area contributed by atoms with E-state index in [1.165, 1.54) is 0 Å². The number of rotatable bonds is 4. The van der Waals surface area contributed by atoms with E-state index in [-0.39, 0.29) is 16.6 Å². The van der Waals surface area contributed by atoms with Gasteiger partial charge < -0.3 is 9.84 Å². The van der Waals surface area contributed by atoms with E-state index < -0.39 is 5.97 Å². The zero-order chi connectivity index (χ0) is 22.1. The third-order valence-corrected chi connectivity index (χ3v) is 5.21. The summed E-state index contributed by atoms with van der Waals surface area (Å²) in [6, 6.07) is 7.50. The fourth-order valence-electron chi connectivity index (χ4n) is 3.21. The topological polar surface area (TPSA) is 46.5 Å². The molecule has 0 aliphatic rings. The number of esters is 1. The molecule has 156 valence electrons. The summed E-state index contributed by atoms with van der Waals surface area (Å²) in [7, 11) is 0. The number of carbonyl (C=O) groups excluding carboxylic acids is 1. The summed E-state index contributed by atoms with van der Waals surface area (Å²) in [6.45, 7) is 15.8. The van der Waals surface area contributed by atoms with Gasteiger partial charge in [0.15, 0.2) is 0 Å². The average molecular weight is 431 g/mol. The third kappa shape index (κ3) is 5.61. The second-order valence-corrected chi connectivity index (χ2v) is 10.3. The highest BCUT2D eigenvalue weighted by molar-refractivity contribution is 7.80. The molecule has 29 heavy (non-hydrogen) atoms. The molecule has 0 fully saturated rings. The lowest BCUT2D eigenvalue weighted by molar-refractivity contribution is -0.129. The fraction of sp³-hybridized carbons (Fsp3) is 0.375. The van der Waals surface area contributed by atoms with Crippen LogP contribution in [0.5, 0.6) is 11.5 Å². The van der Waals surface area contributed by atoms with Crippen LogP contribution < -0.4 is 4.74 Å². The summed E-state index contributed by atoms with van der Waals surface area (Å²) < 4.78 is 5.66. The van der Waals surface area contributed by atoms with Gasteiger partial charge in [0.05, 0.1) is 0 Å². The van der Waals surface area contributed by atoms with E-state index in [1.54, 1.807) is 0 Å². The van der Waals surface area contributed by atoms with Gasteiger partial charge >= 0.3 is 5.97 Å². The second-order valence-electron chi connectivity index (χ2n) is 9.28. The van der Waals surface area contributed by atoms with Crippen molar-refractivity contribution in [2.45, 2.75) is 68.6 Å². The van der Waals surface area contributed by atoms with Crippen LogP contribution in [0.3, 0.4) is 0 Å². The summed E-state index contributed by atoms with van der Waals surface area (Å²) >= 11 is 9.08. The lowest BCUT2D eigenvalue weighted by Crippen LogP contribution is -2.17. The Morgan fingerprint density at radius 1 is 0.966 bits per heavy atom. The van der Waals surface area contributed by atoms with Crippen LogP contribution in [0.4, 0.5) is 0 Å². The quantitative estimate of drug-likeness (QED) is 0.233. The van der Waals surface area contributed by atoms with Crippen molar-refractivity contribution in [1.82, 2.24) is 0 Å². The molecule has 0 aliphatic carbocycles. The first-order chi connectivity index (χ1) is 13.2. The number of phenols is 1. The summed E-state index contributed by atoms with van der Waals surface area (Å²) in [5.41, 5.74) is 2.67. The smallest absolute Gasteiger partial charge is 0.335 e. The Hall–Kier alpha value is -1.85. The molecule has 0 spiro atoms. The highest BCUT2D eigenvalue weighted by Gasteiger charge is 2.26. The van der Waals surface area contributed by atoms with Crippen LogP contribution in [0.25, 0.3) is 0 Å². The van der Waals surface area contributed by atoms with Crippen molar-refractivity contribution in [2.75, 3.05) is 0 Å². The molecule has 0 aliphatic heterocycles. The van der Waals surface area contributed by atoms with Crippen LogP contribution in [-0.4, -0.2) is 11.1 Å². The molecule has 0 radical (unpaired) electrons. The van der Waals surface area contributed by atoms with Gasteiger partial charge in [-0.15, -0.1) is 25.3 Å². The van der Waals surface area contributed by atoms with Crippen molar-refractivity contribution in [2.24, 2.45) is 0 Å². The van der Waals surface area contributed by atoms with E-state index in [2.05, 4.69) is 31.8 Å². The monoisotopic (exact) mass is 430 g/mol. The number of phenolic OH excluding ortho intramolecular Hbond substituents is 1. The third-order valence-electron chi connectivity index (χ3n) is 4.69. The second kappa shape index (κ2) is 8.49. The number of thiol groups is 2. The molecule has 2 aromatic rings. The van der Waals surface area contributed by atoms with E-state index in [1.807, 2.05) is 65.8 Å². The molecular formula is C24H30O3S2. The van der Waals surface area contributed by atoms with E-state index >= 15 is 0 Å². The molecule has 0 heterocycles. The largest absolute Gasteiger partial charge is 0.507 e. The first-order valence-electron chi connectivity index (χ1n) is 9.50. The number of hydrogen-bond acceptors (Lipinski definition) is 5. The Balaban J connectivity index is 2.70. The molecule has 0 unspecified atom stereocenters. The Bertz CT molecular complexity index is 948. The molecule has 0 saturated heterocycles. The van der Waals surface area contributed by atoms with Gasteiger partial charge in [-0.25, -0.2) is 4.79 Å². The predicted octanol–water partition coefficient (Wildman–Crippen LogP) is 6.25. The van der Waals surface area contributed by atoms with Crippen molar-refractivity contribution >= 4 is 31.2 Å². The van der Waals surface area contributed by atoms with Crippen molar-refractivity contribution in [1.29, 1.82) is 0 Å². The van der Waals surface area contributed by atoms with Gasteiger partial charge in [-0.05, 0) is 40.7 Å². The van der Waals surface area contributed by atoms with E-state index in [4.69, 9.17) is 4.74 Å². The number of carbonyl (C=O) groups is 1. The van der Waals surface area contributed by atoms with Crippen molar-refractivity contribution in [3.05, 3.63) is 59.2 Å². The van der Waals surface area contributed by atoms with Crippen molar-refractivity contribution in [3.8, 4) is 11.5 Å². The SMILES string of the molecule is C=CC(=O)Oc1c(Cc2cc(S)cc(C(C)(C)C)c2O)cc(S)cc1C(C)(C)C. The first kappa shape index (κ1) is 23.4. The number of aromatic hydroxyl groups is 1. The van der Waals surface area contributed by atoms with E-state index in [9.17, 15) is 9.90 Å². The van der Waals surface area contributed by atoms with Crippen LogP contribution in [0.15, 0.2) is 46.7 Å². The maximum Gasteiger partial charge on any atom is 0.335 e. The molecule has 0 bridgehead atoms. The number of hydrogen-bond donors (Lipinski definition) is 3. The van der Waals surface area contributed by atoms with Gasteiger partial charge in [0.2, 0.25) is 0 Å². The van der Waals surface area contributed by atoms with Gasteiger partial charge in [-0.2, -0.15) is 0 Å². The van der Waals surface area contributed by atoms with Crippen LogP contribution in [0, 0.1) is 0 Å². The zero-order valence-electron chi connectivity index (χ0n) is 18.0. The van der Waals surface area contributed by atoms with Gasteiger partial charge in [0, 0.05) is 39.0 Å². The normalized spacial score (nSPS) is 12.0.